The summed E-state index contributed by atoms with van der Waals surface area (Å²) in [7, 11) is -2.72. The number of nitro benzene ring substituents is 1. The smallest absolute Gasteiger partial charge is 0.340 e. The molecule has 0 fully saturated rings. The van der Waals surface area contributed by atoms with Gasteiger partial charge in [0.05, 0.1) is 22.9 Å². The highest BCUT2D eigenvalue weighted by molar-refractivity contribution is 7.87. The highest BCUT2D eigenvalue weighted by Crippen LogP contribution is 2.25. The summed E-state index contributed by atoms with van der Waals surface area (Å²) in [4.78, 5) is 9.93. The first kappa shape index (κ1) is 19.5. The number of aromatic nitrogens is 2. The normalized spacial score (nSPS) is 11.4. The molecule has 0 spiro atoms. The summed E-state index contributed by atoms with van der Waals surface area (Å²) < 4.78 is 36.9. The SMILES string of the molecule is COCc1cc(OS(=O)(=O)c2ccc([N+](=O)[O-])cc2)n(-c2ccc(C)cc2)n1. The predicted octanol–water partition coefficient (Wildman–Crippen LogP) is 3.00. The molecule has 9 nitrogen and oxygen atoms in total. The van der Waals surface area contributed by atoms with Crippen molar-refractivity contribution in [3.8, 4) is 11.6 Å². The third-order valence-corrected chi connectivity index (χ3v) is 5.07. The zero-order chi connectivity index (χ0) is 20.3. The second-order valence-corrected chi connectivity index (χ2v) is 7.49. The van der Waals surface area contributed by atoms with Crippen molar-refractivity contribution >= 4 is 15.8 Å². The topological polar surface area (TPSA) is 114 Å². The number of ether oxygens (including phenoxy) is 1. The molecule has 0 radical (unpaired) electrons. The Morgan fingerprint density at radius 3 is 2.32 bits per heavy atom. The van der Waals surface area contributed by atoms with Gasteiger partial charge in [-0.3, -0.25) is 10.1 Å². The van der Waals surface area contributed by atoms with Crippen LogP contribution in [0.3, 0.4) is 0 Å². The fraction of sp³-hybridized carbons (Fsp3) is 0.167. The number of nitrogens with zero attached hydrogens (tertiary/aromatic N) is 3. The van der Waals surface area contributed by atoms with Crippen LogP contribution in [-0.2, 0) is 21.5 Å². The molecule has 28 heavy (non-hydrogen) atoms. The predicted molar refractivity (Wildman–Crippen MR) is 99.9 cm³/mol. The van der Waals surface area contributed by atoms with Crippen LogP contribution in [-0.4, -0.2) is 30.2 Å². The van der Waals surface area contributed by atoms with Crippen LogP contribution in [0.2, 0.25) is 0 Å². The van der Waals surface area contributed by atoms with Crippen molar-refractivity contribution in [2.45, 2.75) is 18.4 Å². The Morgan fingerprint density at radius 2 is 1.75 bits per heavy atom. The number of hydrogen-bond donors (Lipinski definition) is 0. The van der Waals surface area contributed by atoms with E-state index in [0.29, 0.717) is 11.4 Å². The Morgan fingerprint density at radius 1 is 1.11 bits per heavy atom. The van der Waals surface area contributed by atoms with Gasteiger partial charge in [0.15, 0.2) is 0 Å². The fourth-order valence-corrected chi connectivity index (χ4v) is 3.36. The number of rotatable bonds is 7. The highest BCUT2D eigenvalue weighted by atomic mass is 32.2. The first-order valence-corrected chi connectivity index (χ1v) is 9.55. The number of methoxy groups -OCH3 is 1. The molecule has 2 aromatic carbocycles. The minimum atomic E-state index is -4.22. The van der Waals surface area contributed by atoms with E-state index < -0.39 is 15.0 Å². The van der Waals surface area contributed by atoms with Crippen molar-refractivity contribution in [3.05, 3.63) is 76.0 Å². The molecule has 1 aromatic heterocycles. The Balaban J connectivity index is 1.97. The molecule has 0 aliphatic carbocycles. The molecule has 0 saturated carbocycles. The summed E-state index contributed by atoms with van der Waals surface area (Å²) in [6.45, 7) is 2.10. The van der Waals surface area contributed by atoms with Crippen LogP contribution in [0.4, 0.5) is 5.69 Å². The second kappa shape index (κ2) is 7.79. The van der Waals surface area contributed by atoms with E-state index in [1.807, 2.05) is 19.1 Å². The van der Waals surface area contributed by atoms with Crippen molar-refractivity contribution in [2.75, 3.05) is 7.11 Å². The van der Waals surface area contributed by atoms with E-state index >= 15 is 0 Å². The summed E-state index contributed by atoms with van der Waals surface area (Å²) in [5.41, 5.74) is 1.92. The summed E-state index contributed by atoms with van der Waals surface area (Å²) in [6.07, 6.45) is 0. The van der Waals surface area contributed by atoms with Crippen LogP contribution in [0.15, 0.2) is 59.5 Å². The van der Waals surface area contributed by atoms with Gasteiger partial charge in [0.2, 0.25) is 5.88 Å². The van der Waals surface area contributed by atoms with Gasteiger partial charge in [0.1, 0.15) is 4.90 Å². The van der Waals surface area contributed by atoms with E-state index in [9.17, 15) is 18.5 Å². The third kappa shape index (κ3) is 4.18. The van der Waals surface area contributed by atoms with Crippen molar-refractivity contribution < 1.29 is 22.3 Å². The quantitative estimate of drug-likeness (QED) is 0.338. The summed E-state index contributed by atoms with van der Waals surface area (Å²) in [5, 5.41) is 15.1. The minimum absolute atomic E-state index is 0.0192. The van der Waals surface area contributed by atoms with Gasteiger partial charge in [-0.1, -0.05) is 17.7 Å². The molecule has 3 rings (SSSR count). The van der Waals surface area contributed by atoms with Crippen LogP contribution in [0, 0.1) is 17.0 Å². The first-order chi connectivity index (χ1) is 13.3. The number of nitro groups is 1. The fourth-order valence-electron chi connectivity index (χ4n) is 2.45. The Bertz CT molecular complexity index is 1090. The maximum absolute atomic E-state index is 12.6. The molecule has 0 saturated heterocycles. The molecular formula is C18H17N3O6S. The van der Waals surface area contributed by atoms with E-state index in [4.69, 9.17) is 8.92 Å². The minimum Gasteiger partial charge on any atom is -0.378 e. The molecule has 0 bridgehead atoms. The number of hydrogen-bond acceptors (Lipinski definition) is 7. The van der Waals surface area contributed by atoms with E-state index in [0.717, 1.165) is 29.8 Å². The van der Waals surface area contributed by atoms with Gasteiger partial charge in [0.25, 0.3) is 5.69 Å². The highest BCUT2D eigenvalue weighted by Gasteiger charge is 2.22. The van der Waals surface area contributed by atoms with Crippen LogP contribution in [0.5, 0.6) is 5.88 Å². The lowest BCUT2D eigenvalue weighted by Crippen LogP contribution is -2.12. The molecule has 3 aromatic rings. The van der Waals surface area contributed by atoms with Crippen LogP contribution in [0.25, 0.3) is 5.69 Å². The summed E-state index contributed by atoms with van der Waals surface area (Å²) in [6, 6.07) is 13.2. The molecule has 0 N–H and O–H groups in total. The number of non-ortho nitro benzene ring substituents is 1. The van der Waals surface area contributed by atoms with Gasteiger partial charge in [-0.05, 0) is 31.2 Å². The van der Waals surface area contributed by atoms with E-state index in [1.54, 1.807) is 12.1 Å². The maximum atomic E-state index is 12.6. The molecule has 146 valence electrons. The second-order valence-electron chi connectivity index (χ2n) is 5.94. The zero-order valence-electron chi connectivity index (χ0n) is 15.1. The molecule has 0 aliphatic heterocycles. The standard InChI is InChI=1S/C18H17N3O6S/c1-13-3-5-15(6-4-13)20-18(11-14(19-20)12-26-2)27-28(24,25)17-9-7-16(8-10-17)21(22)23/h3-11H,12H2,1-2H3. The van der Waals surface area contributed by atoms with Crippen LogP contribution >= 0.6 is 0 Å². The average Bonchev–Trinajstić information content (AvgIpc) is 3.04. The maximum Gasteiger partial charge on any atom is 0.340 e. The largest absolute Gasteiger partial charge is 0.378 e. The molecule has 1 heterocycles. The molecule has 0 atom stereocenters. The van der Waals surface area contributed by atoms with Crippen molar-refractivity contribution in [1.82, 2.24) is 9.78 Å². The van der Waals surface area contributed by atoms with Crippen LogP contribution in [0.1, 0.15) is 11.3 Å². The van der Waals surface area contributed by atoms with E-state index in [2.05, 4.69) is 5.10 Å². The van der Waals surface area contributed by atoms with Gasteiger partial charge < -0.3 is 8.92 Å². The lowest BCUT2D eigenvalue weighted by atomic mass is 10.2. The monoisotopic (exact) mass is 403 g/mol. The van der Waals surface area contributed by atoms with Crippen molar-refractivity contribution in [2.24, 2.45) is 0 Å². The van der Waals surface area contributed by atoms with E-state index in [-0.39, 0.29) is 23.1 Å². The summed E-state index contributed by atoms with van der Waals surface area (Å²) >= 11 is 0. The Kier molecular flexibility index (Phi) is 5.43. The van der Waals surface area contributed by atoms with Crippen molar-refractivity contribution in [1.29, 1.82) is 0 Å². The van der Waals surface area contributed by atoms with E-state index in [1.165, 1.54) is 17.9 Å². The lowest BCUT2D eigenvalue weighted by Gasteiger charge is -2.09. The molecular weight excluding hydrogens is 386 g/mol. The van der Waals surface area contributed by atoms with Gasteiger partial charge >= 0.3 is 10.1 Å². The first-order valence-electron chi connectivity index (χ1n) is 8.14. The number of benzene rings is 2. The van der Waals surface area contributed by atoms with Gasteiger partial charge in [0, 0.05) is 25.3 Å². The summed E-state index contributed by atoms with van der Waals surface area (Å²) in [5.74, 6) is -0.0192. The number of aryl methyl sites for hydroxylation is 1. The van der Waals surface area contributed by atoms with Crippen molar-refractivity contribution in [3.63, 3.8) is 0 Å². The van der Waals surface area contributed by atoms with Gasteiger partial charge in [-0.15, -0.1) is 0 Å². The van der Waals surface area contributed by atoms with Gasteiger partial charge in [-0.25, -0.2) is 0 Å². The Labute approximate surface area is 161 Å². The Hall–Kier alpha value is -3.24. The zero-order valence-corrected chi connectivity index (χ0v) is 15.9. The average molecular weight is 403 g/mol. The van der Waals surface area contributed by atoms with Crippen LogP contribution < -0.4 is 4.18 Å². The van der Waals surface area contributed by atoms with Gasteiger partial charge in [-0.2, -0.15) is 18.2 Å². The molecule has 10 heteroatoms. The molecule has 0 aliphatic rings. The third-order valence-electron chi connectivity index (χ3n) is 3.83. The lowest BCUT2D eigenvalue weighted by molar-refractivity contribution is -0.384. The molecule has 0 unspecified atom stereocenters. The molecule has 0 amide bonds.